The van der Waals surface area contributed by atoms with Crippen molar-refractivity contribution in [3.8, 4) is 12.0 Å². The molecule has 2 rings (SSSR count). The SMILES string of the molecule is CC(C)C(C)Oc1nc(Cl)nc(-n2ccnc2)n1. The van der Waals surface area contributed by atoms with Crippen LogP contribution in [0.25, 0.3) is 5.95 Å². The number of hydrogen-bond donors (Lipinski definition) is 0. The molecule has 0 bridgehead atoms. The minimum atomic E-state index is -0.000830. The predicted molar refractivity (Wildman–Crippen MR) is 66.9 cm³/mol. The number of aromatic nitrogens is 5. The molecular formula is C11H14ClN5O. The molecule has 0 saturated heterocycles. The first-order valence-corrected chi connectivity index (χ1v) is 6.00. The van der Waals surface area contributed by atoms with Gasteiger partial charge in [-0.25, -0.2) is 4.98 Å². The van der Waals surface area contributed by atoms with E-state index in [1.165, 1.54) is 0 Å². The average molecular weight is 268 g/mol. The highest BCUT2D eigenvalue weighted by Crippen LogP contribution is 2.14. The Morgan fingerprint density at radius 3 is 2.61 bits per heavy atom. The van der Waals surface area contributed by atoms with Gasteiger partial charge in [0.15, 0.2) is 0 Å². The van der Waals surface area contributed by atoms with Crippen LogP contribution in [0.15, 0.2) is 18.7 Å². The summed E-state index contributed by atoms with van der Waals surface area (Å²) in [5.41, 5.74) is 0. The molecule has 0 aliphatic heterocycles. The fourth-order valence-corrected chi connectivity index (χ4v) is 1.32. The standard InChI is InChI=1S/C11H14ClN5O/c1-7(2)8(3)18-11-15-9(12)14-10(16-11)17-5-4-13-6-17/h4-8H,1-3H3. The molecule has 1 unspecified atom stereocenters. The maximum Gasteiger partial charge on any atom is 0.322 e. The van der Waals surface area contributed by atoms with Gasteiger partial charge in [0.2, 0.25) is 11.2 Å². The van der Waals surface area contributed by atoms with E-state index in [-0.39, 0.29) is 17.4 Å². The fourth-order valence-electron chi connectivity index (χ4n) is 1.17. The molecule has 0 aliphatic carbocycles. The summed E-state index contributed by atoms with van der Waals surface area (Å²) in [4.78, 5) is 16.1. The lowest BCUT2D eigenvalue weighted by atomic mass is 10.1. The zero-order valence-electron chi connectivity index (χ0n) is 10.4. The minimum Gasteiger partial charge on any atom is -0.460 e. The number of nitrogens with zero attached hydrogens (tertiary/aromatic N) is 5. The van der Waals surface area contributed by atoms with Crippen molar-refractivity contribution in [2.75, 3.05) is 0 Å². The van der Waals surface area contributed by atoms with E-state index in [2.05, 4.69) is 33.8 Å². The normalized spacial score (nSPS) is 12.7. The summed E-state index contributed by atoms with van der Waals surface area (Å²) in [6, 6.07) is 0.222. The Labute approximate surface area is 110 Å². The molecule has 0 radical (unpaired) electrons. The van der Waals surface area contributed by atoms with E-state index in [0.717, 1.165) is 0 Å². The Morgan fingerprint density at radius 2 is 2.00 bits per heavy atom. The number of imidazole rings is 1. The van der Waals surface area contributed by atoms with Gasteiger partial charge in [-0.2, -0.15) is 15.0 Å². The van der Waals surface area contributed by atoms with Crippen molar-refractivity contribution in [2.45, 2.75) is 26.9 Å². The lowest BCUT2D eigenvalue weighted by Crippen LogP contribution is -2.20. The van der Waals surface area contributed by atoms with Crippen LogP contribution in [0.1, 0.15) is 20.8 Å². The lowest BCUT2D eigenvalue weighted by molar-refractivity contribution is 0.155. The Morgan fingerprint density at radius 1 is 1.22 bits per heavy atom. The molecule has 0 spiro atoms. The van der Waals surface area contributed by atoms with Gasteiger partial charge in [-0.15, -0.1) is 0 Å². The maximum atomic E-state index is 5.85. The molecule has 0 saturated carbocycles. The largest absolute Gasteiger partial charge is 0.460 e. The van der Waals surface area contributed by atoms with Crippen LogP contribution in [0.4, 0.5) is 0 Å². The van der Waals surface area contributed by atoms with Crippen LogP contribution in [0, 0.1) is 5.92 Å². The van der Waals surface area contributed by atoms with Crippen LogP contribution < -0.4 is 4.74 Å². The molecule has 18 heavy (non-hydrogen) atoms. The van der Waals surface area contributed by atoms with Crippen molar-refractivity contribution >= 4 is 11.6 Å². The molecule has 2 aromatic heterocycles. The van der Waals surface area contributed by atoms with E-state index in [1.807, 2.05) is 6.92 Å². The lowest BCUT2D eigenvalue weighted by Gasteiger charge is -2.16. The molecule has 0 aliphatic rings. The Balaban J connectivity index is 2.27. The molecule has 1 atom stereocenters. The van der Waals surface area contributed by atoms with Crippen LogP contribution >= 0.6 is 11.6 Å². The van der Waals surface area contributed by atoms with Crippen LogP contribution in [0.5, 0.6) is 6.01 Å². The van der Waals surface area contributed by atoms with Crippen molar-refractivity contribution in [3.05, 3.63) is 24.0 Å². The molecule has 6 nitrogen and oxygen atoms in total. The zero-order chi connectivity index (χ0) is 13.1. The van der Waals surface area contributed by atoms with Gasteiger partial charge in [0, 0.05) is 12.4 Å². The highest BCUT2D eigenvalue weighted by Gasteiger charge is 2.13. The van der Waals surface area contributed by atoms with Crippen LogP contribution in [0.3, 0.4) is 0 Å². The topological polar surface area (TPSA) is 65.7 Å². The van der Waals surface area contributed by atoms with E-state index in [0.29, 0.717) is 11.9 Å². The van der Waals surface area contributed by atoms with Crippen molar-refractivity contribution < 1.29 is 4.74 Å². The quantitative estimate of drug-likeness (QED) is 0.849. The average Bonchev–Trinajstić information content (AvgIpc) is 2.81. The predicted octanol–water partition coefficient (Wildman–Crippen LogP) is 2.13. The molecular weight excluding hydrogens is 254 g/mol. The number of hydrogen-bond acceptors (Lipinski definition) is 5. The summed E-state index contributed by atoms with van der Waals surface area (Å²) < 4.78 is 7.25. The van der Waals surface area contributed by atoms with Crippen molar-refractivity contribution in [3.63, 3.8) is 0 Å². The van der Waals surface area contributed by atoms with Crippen LogP contribution in [0.2, 0.25) is 5.28 Å². The van der Waals surface area contributed by atoms with Gasteiger partial charge in [-0.3, -0.25) is 4.57 Å². The Kier molecular flexibility index (Phi) is 3.76. The Hall–Kier alpha value is -1.69. The summed E-state index contributed by atoms with van der Waals surface area (Å²) in [5, 5.41) is 0.0969. The summed E-state index contributed by atoms with van der Waals surface area (Å²) in [6.07, 6.45) is 4.94. The van der Waals surface area contributed by atoms with Gasteiger partial charge in [0.25, 0.3) is 0 Å². The third kappa shape index (κ3) is 2.95. The van der Waals surface area contributed by atoms with Gasteiger partial charge in [-0.05, 0) is 24.4 Å². The molecule has 96 valence electrons. The van der Waals surface area contributed by atoms with Crippen molar-refractivity contribution in [1.82, 2.24) is 24.5 Å². The highest BCUT2D eigenvalue weighted by atomic mass is 35.5. The molecule has 2 heterocycles. The first-order chi connectivity index (χ1) is 8.56. The summed E-state index contributed by atoms with van der Waals surface area (Å²) in [5.74, 6) is 0.746. The van der Waals surface area contributed by atoms with Gasteiger partial charge in [0.1, 0.15) is 12.4 Å². The second kappa shape index (κ2) is 5.30. The number of ether oxygens (including phenoxy) is 1. The molecule has 0 N–H and O–H groups in total. The summed E-state index contributed by atoms with van der Waals surface area (Å²) in [6.45, 7) is 6.08. The molecule has 0 fully saturated rings. The minimum absolute atomic E-state index is 0.000830. The molecule has 0 aromatic carbocycles. The van der Waals surface area contributed by atoms with Crippen LogP contribution in [-0.4, -0.2) is 30.6 Å². The smallest absolute Gasteiger partial charge is 0.322 e. The molecule has 7 heteroatoms. The van der Waals surface area contributed by atoms with Gasteiger partial charge >= 0.3 is 6.01 Å². The second-order valence-corrected chi connectivity index (χ2v) is 4.56. The third-order valence-corrected chi connectivity index (χ3v) is 2.71. The van der Waals surface area contributed by atoms with Crippen molar-refractivity contribution in [2.24, 2.45) is 5.92 Å². The second-order valence-electron chi connectivity index (χ2n) is 4.22. The van der Waals surface area contributed by atoms with Crippen LogP contribution in [-0.2, 0) is 0 Å². The molecule has 2 aromatic rings. The van der Waals surface area contributed by atoms with Gasteiger partial charge in [-0.1, -0.05) is 13.8 Å². The monoisotopic (exact) mass is 267 g/mol. The van der Waals surface area contributed by atoms with Gasteiger partial charge < -0.3 is 4.74 Å². The first kappa shape index (κ1) is 12.8. The first-order valence-electron chi connectivity index (χ1n) is 5.63. The highest BCUT2D eigenvalue weighted by molar-refractivity contribution is 6.28. The van der Waals surface area contributed by atoms with E-state index in [1.54, 1.807) is 23.3 Å². The maximum absolute atomic E-state index is 5.85. The number of halogens is 1. The fraction of sp³-hybridized carbons (Fsp3) is 0.455. The van der Waals surface area contributed by atoms with Gasteiger partial charge in [0.05, 0.1) is 0 Å². The van der Waals surface area contributed by atoms with E-state index in [4.69, 9.17) is 16.3 Å². The van der Waals surface area contributed by atoms with E-state index >= 15 is 0 Å². The molecule has 0 amide bonds. The summed E-state index contributed by atoms with van der Waals surface area (Å²) >= 11 is 5.85. The third-order valence-electron chi connectivity index (χ3n) is 2.54. The zero-order valence-corrected chi connectivity index (χ0v) is 11.2. The number of rotatable bonds is 4. The van der Waals surface area contributed by atoms with Crippen molar-refractivity contribution in [1.29, 1.82) is 0 Å². The Bertz CT molecular complexity index is 514. The summed E-state index contributed by atoms with van der Waals surface area (Å²) in [7, 11) is 0. The van der Waals surface area contributed by atoms with E-state index < -0.39 is 0 Å². The van der Waals surface area contributed by atoms with E-state index in [9.17, 15) is 0 Å².